The highest BCUT2D eigenvalue weighted by molar-refractivity contribution is 7.90. The number of anilines is 1. The third-order valence-electron chi connectivity index (χ3n) is 3.75. The van der Waals surface area contributed by atoms with Gasteiger partial charge < -0.3 is 0 Å². The first-order chi connectivity index (χ1) is 12.3. The molecule has 0 fully saturated rings. The molecule has 2 heterocycles. The number of carbonyl (C=O) groups is 1. The van der Waals surface area contributed by atoms with E-state index in [1.807, 2.05) is 24.3 Å². The molecular weight excluding hydrogens is 412 g/mol. The second-order valence-corrected chi connectivity index (χ2v) is 10.1. The fourth-order valence-corrected chi connectivity index (χ4v) is 5.40. The Morgan fingerprint density at radius 2 is 1.88 bits per heavy atom. The van der Waals surface area contributed by atoms with Gasteiger partial charge in [-0.05, 0) is 24.3 Å². The standard InChI is InChI=1S/C17H11ClN2O3S3/c1-26(22,23)9-6-7-13-11(8-9)19-17(25-13)20-16(21)15-14(18)10-4-2-3-5-12(10)24-15/h2-8H,1H3,(H,19,20,21). The van der Waals surface area contributed by atoms with E-state index in [2.05, 4.69) is 10.3 Å². The molecule has 9 heteroatoms. The Morgan fingerprint density at radius 1 is 1.12 bits per heavy atom. The molecule has 2 aromatic heterocycles. The van der Waals surface area contributed by atoms with Crippen molar-refractivity contribution in [3.8, 4) is 0 Å². The number of sulfone groups is 1. The predicted octanol–water partition coefficient (Wildman–Crippen LogP) is 4.82. The van der Waals surface area contributed by atoms with Crippen molar-refractivity contribution in [1.82, 2.24) is 4.98 Å². The topological polar surface area (TPSA) is 76.1 Å². The van der Waals surface area contributed by atoms with Crippen LogP contribution < -0.4 is 5.32 Å². The molecule has 4 rings (SSSR count). The van der Waals surface area contributed by atoms with Crippen LogP contribution in [0.3, 0.4) is 0 Å². The van der Waals surface area contributed by atoms with Crippen LogP contribution in [0.2, 0.25) is 5.02 Å². The summed E-state index contributed by atoms with van der Waals surface area (Å²) in [5.74, 6) is -0.335. The minimum Gasteiger partial charge on any atom is -0.297 e. The largest absolute Gasteiger partial charge is 0.297 e. The number of fused-ring (bicyclic) bond motifs is 2. The smallest absolute Gasteiger partial charge is 0.269 e. The molecule has 0 aliphatic rings. The first kappa shape index (κ1) is 17.4. The summed E-state index contributed by atoms with van der Waals surface area (Å²) in [5, 5.41) is 4.40. The number of halogens is 1. The van der Waals surface area contributed by atoms with Crippen molar-refractivity contribution in [2.75, 3.05) is 11.6 Å². The number of carbonyl (C=O) groups excluding carboxylic acids is 1. The predicted molar refractivity (Wildman–Crippen MR) is 108 cm³/mol. The Balaban J connectivity index is 1.67. The molecule has 26 heavy (non-hydrogen) atoms. The van der Waals surface area contributed by atoms with Gasteiger partial charge in [0.15, 0.2) is 15.0 Å². The molecule has 0 bridgehead atoms. The maximum absolute atomic E-state index is 12.6. The molecule has 1 N–H and O–H groups in total. The number of hydrogen-bond donors (Lipinski definition) is 1. The Kier molecular flexibility index (Phi) is 4.23. The van der Waals surface area contributed by atoms with Gasteiger partial charge in [-0.1, -0.05) is 41.1 Å². The molecule has 0 aliphatic heterocycles. The summed E-state index contributed by atoms with van der Waals surface area (Å²) < 4.78 is 25.0. The fourth-order valence-electron chi connectivity index (χ4n) is 2.51. The molecule has 132 valence electrons. The van der Waals surface area contributed by atoms with Crippen molar-refractivity contribution in [2.45, 2.75) is 4.90 Å². The van der Waals surface area contributed by atoms with Gasteiger partial charge >= 0.3 is 0 Å². The molecule has 0 radical (unpaired) electrons. The van der Waals surface area contributed by atoms with Crippen molar-refractivity contribution < 1.29 is 13.2 Å². The number of hydrogen-bond acceptors (Lipinski definition) is 6. The molecule has 0 saturated heterocycles. The number of thiophene rings is 1. The number of amides is 1. The van der Waals surface area contributed by atoms with Crippen molar-refractivity contribution in [2.24, 2.45) is 0 Å². The van der Waals surface area contributed by atoms with E-state index < -0.39 is 9.84 Å². The summed E-state index contributed by atoms with van der Waals surface area (Å²) in [6, 6.07) is 12.3. The van der Waals surface area contributed by atoms with E-state index in [0.717, 1.165) is 21.0 Å². The number of aromatic nitrogens is 1. The highest BCUT2D eigenvalue weighted by Crippen LogP contribution is 2.36. The van der Waals surface area contributed by atoms with Crippen LogP contribution in [0.4, 0.5) is 5.13 Å². The normalized spacial score (nSPS) is 11.9. The molecule has 2 aromatic carbocycles. The minimum atomic E-state index is -3.31. The van der Waals surface area contributed by atoms with Gasteiger partial charge in [-0.25, -0.2) is 13.4 Å². The van der Waals surface area contributed by atoms with Gasteiger partial charge in [0.05, 0.1) is 20.1 Å². The molecule has 0 aliphatic carbocycles. The van der Waals surface area contributed by atoms with E-state index in [9.17, 15) is 13.2 Å². The molecule has 4 aromatic rings. The van der Waals surface area contributed by atoms with E-state index in [0.29, 0.717) is 20.5 Å². The van der Waals surface area contributed by atoms with Crippen molar-refractivity contribution in [3.63, 3.8) is 0 Å². The van der Waals surface area contributed by atoms with Gasteiger partial charge in [0.25, 0.3) is 5.91 Å². The van der Waals surface area contributed by atoms with Crippen LogP contribution in [0.25, 0.3) is 20.3 Å². The maximum atomic E-state index is 12.6. The van der Waals surface area contributed by atoms with E-state index in [-0.39, 0.29) is 10.8 Å². The van der Waals surface area contributed by atoms with Crippen molar-refractivity contribution in [3.05, 3.63) is 52.4 Å². The van der Waals surface area contributed by atoms with Crippen LogP contribution in [0.1, 0.15) is 9.67 Å². The Morgan fingerprint density at radius 3 is 2.62 bits per heavy atom. The van der Waals surface area contributed by atoms with Crippen molar-refractivity contribution in [1.29, 1.82) is 0 Å². The number of nitrogens with one attached hydrogen (secondary N) is 1. The second kappa shape index (κ2) is 6.31. The van der Waals surface area contributed by atoms with E-state index in [1.165, 1.54) is 34.8 Å². The fraction of sp³-hybridized carbons (Fsp3) is 0.0588. The molecular formula is C17H11ClN2O3S3. The average molecular weight is 423 g/mol. The van der Waals surface area contributed by atoms with Gasteiger partial charge in [0.2, 0.25) is 0 Å². The Labute approximate surface area is 162 Å². The van der Waals surface area contributed by atoms with Crippen LogP contribution in [0.15, 0.2) is 47.4 Å². The lowest BCUT2D eigenvalue weighted by Crippen LogP contribution is -2.10. The average Bonchev–Trinajstić information content (AvgIpc) is 3.14. The van der Waals surface area contributed by atoms with Crippen LogP contribution >= 0.6 is 34.3 Å². The second-order valence-electron chi connectivity index (χ2n) is 5.62. The number of benzene rings is 2. The van der Waals surface area contributed by atoms with Crippen LogP contribution in [0.5, 0.6) is 0 Å². The third-order valence-corrected chi connectivity index (χ3v) is 7.49. The maximum Gasteiger partial charge on any atom is 0.269 e. The molecule has 0 spiro atoms. The summed E-state index contributed by atoms with van der Waals surface area (Å²) in [6.45, 7) is 0. The zero-order valence-electron chi connectivity index (χ0n) is 13.3. The zero-order valence-corrected chi connectivity index (χ0v) is 16.5. The van der Waals surface area contributed by atoms with Crippen molar-refractivity contribution >= 4 is 75.5 Å². The molecule has 5 nitrogen and oxygen atoms in total. The lowest BCUT2D eigenvalue weighted by atomic mass is 10.2. The number of rotatable bonds is 3. The summed E-state index contributed by atoms with van der Waals surface area (Å²) in [7, 11) is -3.31. The molecule has 0 unspecified atom stereocenters. The van der Waals surface area contributed by atoms with Crippen LogP contribution in [-0.4, -0.2) is 25.6 Å². The monoisotopic (exact) mass is 422 g/mol. The van der Waals surface area contributed by atoms with Gasteiger partial charge in [-0.15, -0.1) is 11.3 Å². The summed E-state index contributed by atoms with van der Waals surface area (Å²) in [5.41, 5.74) is 0.524. The van der Waals surface area contributed by atoms with Gasteiger partial charge in [-0.2, -0.15) is 0 Å². The SMILES string of the molecule is CS(=O)(=O)c1ccc2sc(NC(=O)c3sc4ccccc4c3Cl)nc2c1. The van der Waals surface area contributed by atoms with Gasteiger partial charge in [0, 0.05) is 16.3 Å². The van der Waals surface area contributed by atoms with Crippen LogP contribution in [-0.2, 0) is 9.84 Å². The first-order valence-corrected chi connectivity index (χ1v) is 11.3. The Bertz CT molecular complexity index is 1280. The van der Waals surface area contributed by atoms with E-state index in [4.69, 9.17) is 11.6 Å². The van der Waals surface area contributed by atoms with E-state index in [1.54, 1.807) is 6.07 Å². The molecule has 0 saturated carbocycles. The van der Waals surface area contributed by atoms with Gasteiger partial charge in [0.1, 0.15) is 4.88 Å². The van der Waals surface area contributed by atoms with Gasteiger partial charge in [-0.3, -0.25) is 10.1 Å². The quantitative estimate of drug-likeness (QED) is 0.513. The molecule has 0 atom stereocenters. The highest BCUT2D eigenvalue weighted by Gasteiger charge is 2.18. The molecule has 1 amide bonds. The first-order valence-electron chi connectivity index (χ1n) is 7.42. The van der Waals surface area contributed by atoms with Crippen LogP contribution in [0, 0.1) is 0 Å². The lowest BCUT2D eigenvalue weighted by Gasteiger charge is -1.98. The highest BCUT2D eigenvalue weighted by atomic mass is 35.5. The number of nitrogens with zero attached hydrogens (tertiary/aromatic N) is 1. The summed E-state index contributed by atoms with van der Waals surface area (Å²) in [6.07, 6.45) is 1.15. The summed E-state index contributed by atoms with van der Waals surface area (Å²) in [4.78, 5) is 17.5. The summed E-state index contributed by atoms with van der Waals surface area (Å²) >= 11 is 8.93. The lowest BCUT2D eigenvalue weighted by molar-refractivity contribution is 0.103. The van der Waals surface area contributed by atoms with E-state index >= 15 is 0 Å². The minimum absolute atomic E-state index is 0.195. The number of thiazole rings is 1. The zero-order chi connectivity index (χ0) is 18.5. The Hall–Kier alpha value is -2.00. The third kappa shape index (κ3) is 3.09.